The molecule has 3 rings (SSSR count). The summed E-state index contributed by atoms with van der Waals surface area (Å²) in [5.41, 5.74) is 8.16. The van der Waals surface area contributed by atoms with Crippen molar-refractivity contribution >= 4 is 16.9 Å². The maximum absolute atomic E-state index is 12.2. The summed E-state index contributed by atoms with van der Waals surface area (Å²) in [5.74, 6) is 0.390. The largest absolute Gasteiger partial charge is 0.349 e. The van der Waals surface area contributed by atoms with Crippen LogP contribution < -0.4 is 11.1 Å². The number of hydrogen-bond donors (Lipinski definition) is 3. The van der Waals surface area contributed by atoms with Crippen LogP contribution in [0, 0.1) is 5.92 Å². The molecule has 4 N–H and O–H groups in total. The number of carbonyl (C=O) groups excluding carboxylic acids is 1. The van der Waals surface area contributed by atoms with Crippen molar-refractivity contribution in [2.24, 2.45) is 11.7 Å². The smallest absolute Gasteiger partial charge is 0.251 e. The summed E-state index contributed by atoms with van der Waals surface area (Å²) in [7, 11) is 0. The van der Waals surface area contributed by atoms with Gasteiger partial charge in [0, 0.05) is 11.6 Å². The highest BCUT2D eigenvalue weighted by Crippen LogP contribution is 2.25. The number of amides is 1. The van der Waals surface area contributed by atoms with Gasteiger partial charge in [-0.25, -0.2) is 4.98 Å². The molecule has 0 aliphatic heterocycles. The number of nitrogens with one attached hydrogen (secondary N) is 2. The summed E-state index contributed by atoms with van der Waals surface area (Å²) in [6, 6.07) is 5.72. The molecule has 1 aromatic carbocycles. The number of nitrogens with two attached hydrogens (primary N) is 1. The van der Waals surface area contributed by atoms with Crippen LogP contribution in [0.25, 0.3) is 11.0 Å². The van der Waals surface area contributed by atoms with E-state index in [-0.39, 0.29) is 11.9 Å². The molecule has 100 valence electrons. The summed E-state index contributed by atoms with van der Waals surface area (Å²) in [4.78, 5) is 19.4. The van der Waals surface area contributed by atoms with E-state index in [2.05, 4.69) is 15.3 Å². The Morgan fingerprint density at radius 2 is 2.37 bits per heavy atom. The van der Waals surface area contributed by atoms with Crippen LogP contribution in [0.3, 0.4) is 0 Å². The van der Waals surface area contributed by atoms with E-state index in [1.807, 2.05) is 18.2 Å². The summed E-state index contributed by atoms with van der Waals surface area (Å²) in [6.07, 6.45) is 4.92. The van der Waals surface area contributed by atoms with Crippen molar-refractivity contribution in [3.05, 3.63) is 30.1 Å². The molecule has 0 bridgehead atoms. The lowest BCUT2D eigenvalue weighted by Crippen LogP contribution is -2.39. The fourth-order valence-electron chi connectivity index (χ4n) is 2.84. The first-order valence-electron chi connectivity index (χ1n) is 6.72. The Kier molecular flexibility index (Phi) is 3.21. The van der Waals surface area contributed by atoms with Gasteiger partial charge in [-0.3, -0.25) is 4.79 Å². The molecule has 2 atom stereocenters. The number of carbonyl (C=O) groups is 1. The number of hydrogen-bond acceptors (Lipinski definition) is 3. The van der Waals surface area contributed by atoms with Gasteiger partial charge < -0.3 is 16.0 Å². The van der Waals surface area contributed by atoms with E-state index < -0.39 is 0 Å². The van der Waals surface area contributed by atoms with Gasteiger partial charge in [0.25, 0.3) is 5.91 Å². The average molecular weight is 258 g/mol. The van der Waals surface area contributed by atoms with Crippen LogP contribution in [0.4, 0.5) is 0 Å². The van der Waals surface area contributed by atoms with Crippen molar-refractivity contribution in [2.75, 3.05) is 6.54 Å². The Labute approximate surface area is 111 Å². The van der Waals surface area contributed by atoms with Gasteiger partial charge >= 0.3 is 0 Å². The summed E-state index contributed by atoms with van der Waals surface area (Å²) in [6.45, 7) is 0.643. The lowest BCUT2D eigenvalue weighted by atomic mass is 10.0. The third-order valence-electron chi connectivity index (χ3n) is 3.96. The first-order valence-corrected chi connectivity index (χ1v) is 6.72. The Hall–Kier alpha value is -1.88. The van der Waals surface area contributed by atoms with Gasteiger partial charge in [-0.15, -0.1) is 0 Å². The second kappa shape index (κ2) is 5.01. The maximum atomic E-state index is 12.2. The number of fused-ring (bicyclic) bond motifs is 1. The number of benzene rings is 1. The highest BCUT2D eigenvalue weighted by atomic mass is 16.1. The zero-order valence-corrected chi connectivity index (χ0v) is 10.7. The molecular formula is C14H18N4O. The van der Waals surface area contributed by atoms with Gasteiger partial charge in [0.15, 0.2) is 0 Å². The van der Waals surface area contributed by atoms with Crippen LogP contribution in [-0.4, -0.2) is 28.5 Å². The Bertz CT molecular complexity index is 592. The van der Waals surface area contributed by atoms with Crippen molar-refractivity contribution in [3.63, 3.8) is 0 Å². The van der Waals surface area contributed by atoms with Gasteiger partial charge in [-0.1, -0.05) is 6.42 Å². The molecule has 1 amide bonds. The number of rotatable bonds is 3. The zero-order chi connectivity index (χ0) is 13.2. The molecule has 5 heteroatoms. The van der Waals surface area contributed by atoms with Gasteiger partial charge in [-0.2, -0.15) is 0 Å². The van der Waals surface area contributed by atoms with Gasteiger partial charge in [0.2, 0.25) is 0 Å². The zero-order valence-electron chi connectivity index (χ0n) is 10.7. The number of imidazole rings is 1. The molecule has 1 saturated carbocycles. The molecule has 2 unspecified atom stereocenters. The van der Waals surface area contributed by atoms with Crippen molar-refractivity contribution in [1.82, 2.24) is 15.3 Å². The van der Waals surface area contributed by atoms with Crippen LogP contribution in [0.1, 0.15) is 29.6 Å². The van der Waals surface area contributed by atoms with E-state index in [1.54, 1.807) is 6.33 Å². The highest BCUT2D eigenvalue weighted by molar-refractivity contribution is 5.97. The molecule has 0 radical (unpaired) electrons. The predicted octanol–water partition coefficient (Wildman–Crippen LogP) is 1.42. The molecule has 2 aromatic rings. The fraction of sp³-hybridized carbons (Fsp3) is 0.429. The van der Waals surface area contributed by atoms with Crippen molar-refractivity contribution in [2.45, 2.75) is 25.3 Å². The SMILES string of the molecule is NCC1CCCC1NC(=O)c1ccc2nc[nH]c2c1. The van der Waals surface area contributed by atoms with Crippen LogP contribution in [0.2, 0.25) is 0 Å². The molecule has 1 fully saturated rings. The lowest BCUT2D eigenvalue weighted by Gasteiger charge is -2.19. The topological polar surface area (TPSA) is 83.8 Å². The second-order valence-corrected chi connectivity index (χ2v) is 5.14. The first-order chi connectivity index (χ1) is 9.28. The van der Waals surface area contributed by atoms with E-state index in [0.29, 0.717) is 18.0 Å². The fourth-order valence-corrected chi connectivity index (χ4v) is 2.84. The van der Waals surface area contributed by atoms with Crippen LogP contribution >= 0.6 is 0 Å². The minimum Gasteiger partial charge on any atom is -0.349 e. The third-order valence-corrected chi connectivity index (χ3v) is 3.96. The van der Waals surface area contributed by atoms with Gasteiger partial charge in [0.1, 0.15) is 0 Å². The Morgan fingerprint density at radius 3 is 3.21 bits per heavy atom. The standard InChI is InChI=1S/C14H18N4O/c15-7-10-2-1-3-11(10)18-14(19)9-4-5-12-13(6-9)17-8-16-12/h4-6,8,10-11H,1-3,7,15H2,(H,16,17)(H,18,19). The molecular weight excluding hydrogens is 240 g/mol. The first kappa shape index (κ1) is 12.2. The summed E-state index contributed by atoms with van der Waals surface area (Å²) < 4.78 is 0. The minimum absolute atomic E-state index is 0.0261. The Morgan fingerprint density at radius 1 is 1.47 bits per heavy atom. The van der Waals surface area contributed by atoms with E-state index in [4.69, 9.17) is 5.73 Å². The monoisotopic (exact) mass is 258 g/mol. The van der Waals surface area contributed by atoms with E-state index in [0.717, 1.165) is 30.3 Å². The predicted molar refractivity (Wildman–Crippen MR) is 73.7 cm³/mol. The van der Waals surface area contributed by atoms with Crippen molar-refractivity contribution < 1.29 is 4.79 Å². The molecule has 1 heterocycles. The molecule has 19 heavy (non-hydrogen) atoms. The highest BCUT2D eigenvalue weighted by Gasteiger charge is 2.27. The normalized spacial score (nSPS) is 22.8. The van der Waals surface area contributed by atoms with Crippen LogP contribution in [0.5, 0.6) is 0 Å². The number of nitrogens with zero attached hydrogens (tertiary/aromatic N) is 1. The lowest BCUT2D eigenvalue weighted by molar-refractivity contribution is 0.0929. The van der Waals surface area contributed by atoms with Crippen LogP contribution in [-0.2, 0) is 0 Å². The molecule has 1 aliphatic rings. The molecule has 5 nitrogen and oxygen atoms in total. The van der Waals surface area contributed by atoms with Gasteiger partial charge in [-0.05, 0) is 43.5 Å². The average Bonchev–Trinajstić information content (AvgIpc) is 3.05. The molecule has 1 aliphatic carbocycles. The number of H-pyrrole nitrogens is 1. The summed E-state index contributed by atoms with van der Waals surface area (Å²) >= 11 is 0. The van der Waals surface area contributed by atoms with Crippen molar-refractivity contribution in [1.29, 1.82) is 0 Å². The van der Waals surface area contributed by atoms with Gasteiger partial charge in [0.05, 0.1) is 17.4 Å². The number of aromatic amines is 1. The second-order valence-electron chi connectivity index (χ2n) is 5.14. The molecule has 1 aromatic heterocycles. The van der Waals surface area contributed by atoms with E-state index in [9.17, 15) is 4.79 Å². The number of aromatic nitrogens is 2. The third kappa shape index (κ3) is 2.33. The van der Waals surface area contributed by atoms with E-state index >= 15 is 0 Å². The molecule has 0 spiro atoms. The quantitative estimate of drug-likeness (QED) is 0.778. The minimum atomic E-state index is -0.0261. The van der Waals surface area contributed by atoms with Crippen LogP contribution in [0.15, 0.2) is 24.5 Å². The molecule has 0 saturated heterocycles. The van der Waals surface area contributed by atoms with Crippen molar-refractivity contribution in [3.8, 4) is 0 Å². The summed E-state index contributed by atoms with van der Waals surface area (Å²) in [5, 5.41) is 3.10. The maximum Gasteiger partial charge on any atom is 0.251 e. The Balaban J connectivity index is 1.76. The van der Waals surface area contributed by atoms with E-state index in [1.165, 1.54) is 0 Å².